The number of hydrogen-bond donors (Lipinski definition) is 2. The Hall–Kier alpha value is -3.86. The molecule has 1 saturated heterocycles. The maximum atomic E-state index is 13.1. The molecule has 0 spiro atoms. The van der Waals surface area contributed by atoms with Gasteiger partial charge in [0.05, 0.1) is 0 Å². The van der Waals surface area contributed by atoms with E-state index in [1.807, 2.05) is 80.6 Å². The van der Waals surface area contributed by atoms with E-state index in [4.69, 9.17) is 4.74 Å². The molecule has 1 fully saturated rings. The van der Waals surface area contributed by atoms with Crippen LogP contribution >= 0.6 is 0 Å². The highest BCUT2D eigenvalue weighted by Gasteiger charge is 2.49. The fourth-order valence-corrected chi connectivity index (χ4v) is 3.85. The van der Waals surface area contributed by atoms with Crippen molar-refractivity contribution in [3.05, 3.63) is 71.8 Å². The van der Waals surface area contributed by atoms with Gasteiger partial charge in [-0.25, -0.2) is 4.79 Å². The van der Waals surface area contributed by atoms with Gasteiger partial charge >= 0.3 is 6.09 Å². The van der Waals surface area contributed by atoms with E-state index in [-0.39, 0.29) is 25.3 Å². The van der Waals surface area contributed by atoms with Crippen molar-refractivity contribution in [3.8, 4) is 6.07 Å². The number of ether oxygens (including phenoxy) is 1. The summed E-state index contributed by atoms with van der Waals surface area (Å²) in [6.07, 6.45) is -1.44. The summed E-state index contributed by atoms with van der Waals surface area (Å²) in [6.45, 7) is 4.74. The van der Waals surface area contributed by atoms with E-state index in [2.05, 4.69) is 10.6 Å². The lowest BCUT2D eigenvalue weighted by Crippen LogP contribution is -2.56. The average Bonchev–Trinajstić information content (AvgIpc) is 3.13. The quantitative estimate of drug-likeness (QED) is 0.595. The summed E-state index contributed by atoms with van der Waals surface area (Å²) in [5, 5.41) is 15.1. The molecule has 8 heteroatoms. The molecule has 34 heavy (non-hydrogen) atoms. The Morgan fingerprint density at radius 3 is 2.29 bits per heavy atom. The molecule has 2 aromatic carbocycles. The van der Waals surface area contributed by atoms with Crippen LogP contribution in [-0.4, -0.2) is 41.0 Å². The van der Waals surface area contributed by atoms with Gasteiger partial charge < -0.3 is 20.3 Å². The molecule has 1 unspecified atom stereocenters. The molecule has 0 aliphatic carbocycles. The number of carbonyl (C=O) groups is 3. The molecule has 1 heterocycles. The third-order valence-corrected chi connectivity index (χ3v) is 5.66. The zero-order valence-electron chi connectivity index (χ0n) is 19.5. The monoisotopic (exact) mass is 462 g/mol. The average molecular weight is 463 g/mol. The topological polar surface area (TPSA) is 112 Å². The van der Waals surface area contributed by atoms with Crippen molar-refractivity contribution in [2.24, 2.45) is 5.92 Å². The molecule has 8 nitrogen and oxygen atoms in total. The van der Waals surface area contributed by atoms with Crippen LogP contribution in [0.2, 0.25) is 0 Å². The SMILES string of the molecule is CC(C)C[C@H](OC(=O)NCc1ccccc1)C(=O)NC1(C#N)CCN(Cc2ccccc2)C1=O. The van der Waals surface area contributed by atoms with Crippen molar-refractivity contribution in [2.45, 2.75) is 51.4 Å². The predicted octanol–water partition coefficient (Wildman–Crippen LogP) is 3.14. The minimum absolute atomic E-state index is 0.0459. The first-order valence-electron chi connectivity index (χ1n) is 11.4. The Labute approximate surface area is 199 Å². The Morgan fingerprint density at radius 2 is 1.71 bits per heavy atom. The van der Waals surface area contributed by atoms with Gasteiger partial charge in [0.2, 0.25) is 5.54 Å². The van der Waals surface area contributed by atoms with Crippen LogP contribution in [0.1, 0.15) is 37.8 Å². The Kier molecular flexibility index (Phi) is 8.25. The van der Waals surface area contributed by atoms with Gasteiger partial charge in [-0.05, 0) is 23.5 Å². The summed E-state index contributed by atoms with van der Waals surface area (Å²) in [6, 6.07) is 20.8. The van der Waals surface area contributed by atoms with Gasteiger partial charge in [-0.2, -0.15) is 5.26 Å². The second-order valence-electron chi connectivity index (χ2n) is 8.83. The fraction of sp³-hybridized carbons (Fsp3) is 0.385. The number of likely N-dealkylation sites (tertiary alicyclic amines) is 1. The molecule has 3 rings (SSSR count). The van der Waals surface area contributed by atoms with E-state index in [1.54, 1.807) is 4.90 Å². The smallest absolute Gasteiger partial charge is 0.408 e. The van der Waals surface area contributed by atoms with Gasteiger partial charge in [-0.1, -0.05) is 74.5 Å². The highest BCUT2D eigenvalue weighted by Crippen LogP contribution is 2.25. The summed E-state index contributed by atoms with van der Waals surface area (Å²) in [4.78, 5) is 40.1. The highest BCUT2D eigenvalue weighted by molar-refractivity contribution is 5.97. The fourth-order valence-electron chi connectivity index (χ4n) is 3.85. The van der Waals surface area contributed by atoms with Gasteiger partial charge in [0.25, 0.3) is 11.8 Å². The number of benzene rings is 2. The zero-order valence-corrected chi connectivity index (χ0v) is 19.5. The Morgan fingerprint density at radius 1 is 1.09 bits per heavy atom. The molecule has 0 bridgehead atoms. The van der Waals surface area contributed by atoms with E-state index >= 15 is 0 Å². The number of nitriles is 1. The number of hydrogen-bond acceptors (Lipinski definition) is 5. The van der Waals surface area contributed by atoms with Crippen LogP contribution in [0.4, 0.5) is 4.79 Å². The van der Waals surface area contributed by atoms with E-state index in [9.17, 15) is 19.6 Å². The second-order valence-corrected chi connectivity index (χ2v) is 8.83. The van der Waals surface area contributed by atoms with E-state index in [0.717, 1.165) is 11.1 Å². The number of carbonyl (C=O) groups excluding carboxylic acids is 3. The van der Waals surface area contributed by atoms with Crippen LogP contribution in [0.5, 0.6) is 0 Å². The standard InChI is InChI=1S/C26H30N4O4/c1-19(2)15-22(34-25(33)28-16-20-9-5-3-6-10-20)23(31)29-26(18-27)13-14-30(24(26)32)17-21-11-7-4-8-12-21/h3-12,19,22H,13-17H2,1-2H3,(H,28,33)(H,29,31)/t22-,26?/m0/s1. The molecule has 2 N–H and O–H groups in total. The third kappa shape index (κ3) is 6.35. The second kappa shape index (κ2) is 11.3. The summed E-state index contributed by atoms with van der Waals surface area (Å²) in [5.74, 6) is -1.06. The molecule has 2 aromatic rings. The molecule has 0 radical (unpaired) electrons. The van der Waals surface area contributed by atoms with E-state index in [1.165, 1.54) is 0 Å². The summed E-state index contributed by atoms with van der Waals surface area (Å²) in [7, 11) is 0. The van der Waals surface area contributed by atoms with Gasteiger partial charge in [-0.15, -0.1) is 0 Å². The molecular formula is C26H30N4O4. The summed E-state index contributed by atoms with van der Waals surface area (Å²) < 4.78 is 5.41. The van der Waals surface area contributed by atoms with Crippen molar-refractivity contribution in [1.29, 1.82) is 5.26 Å². The minimum Gasteiger partial charge on any atom is -0.436 e. The predicted molar refractivity (Wildman–Crippen MR) is 126 cm³/mol. The Bertz CT molecular complexity index is 1040. The molecule has 0 saturated carbocycles. The summed E-state index contributed by atoms with van der Waals surface area (Å²) >= 11 is 0. The molecule has 3 amide bonds. The third-order valence-electron chi connectivity index (χ3n) is 5.66. The number of rotatable bonds is 9. The van der Waals surface area contributed by atoms with Gasteiger partial charge in [0.1, 0.15) is 6.07 Å². The molecule has 178 valence electrons. The lowest BCUT2D eigenvalue weighted by atomic mass is 9.98. The van der Waals surface area contributed by atoms with Crippen LogP contribution in [-0.2, 0) is 27.4 Å². The molecule has 2 atom stereocenters. The van der Waals surface area contributed by atoms with Crippen molar-refractivity contribution in [3.63, 3.8) is 0 Å². The number of nitrogens with zero attached hydrogens (tertiary/aromatic N) is 2. The van der Waals surface area contributed by atoms with E-state index < -0.39 is 29.6 Å². The lowest BCUT2D eigenvalue weighted by Gasteiger charge is -2.26. The van der Waals surface area contributed by atoms with Crippen LogP contribution in [0.3, 0.4) is 0 Å². The largest absolute Gasteiger partial charge is 0.436 e. The maximum absolute atomic E-state index is 13.1. The molecule has 1 aliphatic heterocycles. The maximum Gasteiger partial charge on any atom is 0.408 e. The van der Waals surface area contributed by atoms with Crippen molar-refractivity contribution in [2.75, 3.05) is 6.54 Å². The molecular weight excluding hydrogens is 432 g/mol. The first-order chi connectivity index (χ1) is 16.3. The van der Waals surface area contributed by atoms with E-state index in [0.29, 0.717) is 13.1 Å². The van der Waals surface area contributed by atoms with Crippen molar-refractivity contribution >= 4 is 17.9 Å². The van der Waals surface area contributed by atoms with Gasteiger partial charge in [0.15, 0.2) is 6.10 Å². The van der Waals surface area contributed by atoms with Crippen LogP contribution in [0.15, 0.2) is 60.7 Å². The zero-order chi connectivity index (χ0) is 24.6. The van der Waals surface area contributed by atoms with Crippen LogP contribution in [0, 0.1) is 17.2 Å². The van der Waals surface area contributed by atoms with Crippen molar-refractivity contribution < 1.29 is 19.1 Å². The molecule has 0 aromatic heterocycles. The van der Waals surface area contributed by atoms with Crippen LogP contribution < -0.4 is 10.6 Å². The normalized spacial score (nSPS) is 18.3. The Balaban J connectivity index is 1.64. The highest BCUT2D eigenvalue weighted by atomic mass is 16.6. The summed E-state index contributed by atoms with van der Waals surface area (Å²) in [5.41, 5.74) is 0.153. The number of alkyl carbamates (subject to hydrolysis) is 1. The minimum atomic E-state index is -1.68. The van der Waals surface area contributed by atoms with Gasteiger partial charge in [0, 0.05) is 26.1 Å². The number of amides is 3. The van der Waals surface area contributed by atoms with Crippen molar-refractivity contribution in [1.82, 2.24) is 15.5 Å². The number of nitrogens with one attached hydrogen (secondary N) is 2. The molecule has 1 aliphatic rings. The lowest BCUT2D eigenvalue weighted by molar-refractivity contribution is -0.138. The van der Waals surface area contributed by atoms with Crippen LogP contribution in [0.25, 0.3) is 0 Å². The first kappa shape index (κ1) is 24.8. The van der Waals surface area contributed by atoms with Gasteiger partial charge in [-0.3, -0.25) is 9.59 Å². The first-order valence-corrected chi connectivity index (χ1v) is 11.4.